The molecule has 96 valence electrons. The van der Waals surface area contributed by atoms with E-state index < -0.39 is 0 Å². The van der Waals surface area contributed by atoms with Gasteiger partial charge in [-0.15, -0.1) is 0 Å². The average molecular weight is 243 g/mol. The maximum atomic E-state index is 5.58. The van der Waals surface area contributed by atoms with E-state index in [1.165, 1.54) is 43.1 Å². The third kappa shape index (κ3) is 2.30. The van der Waals surface area contributed by atoms with Crippen LogP contribution < -0.4 is 5.32 Å². The molecule has 0 bridgehead atoms. The van der Waals surface area contributed by atoms with Crippen molar-refractivity contribution >= 4 is 11.0 Å². The molecule has 1 aliphatic rings. The van der Waals surface area contributed by atoms with Crippen LogP contribution in [0.25, 0.3) is 11.0 Å². The number of benzene rings is 1. The van der Waals surface area contributed by atoms with Gasteiger partial charge in [0.1, 0.15) is 5.58 Å². The summed E-state index contributed by atoms with van der Waals surface area (Å²) < 4.78 is 5.58. The molecular formula is C16H21NO. The molecule has 1 aliphatic carbocycles. The van der Waals surface area contributed by atoms with Crippen molar-refractivity contribution in [2.45, 2.75) is 51.1 Å². The molecule has 0 unspecified atom stereocenters. The zero-order valence-electron chi connectivity index (χ0n) is 11.0. The number of furan rings is 1. The molecule has 0 atom stereocenters. The molecule has 0 aliphatic heterocycles. The van der Waals surface area contributed by atoms with E-state index in [4.69, 9.17) is 4.42 Å². The lowest BCUT2D eigenvalue weighted by Crippen LogP contribution is -2.43. The van der Waals surface area contributed by atoms with Crippen LogP contribution in [0.1, 0.15) is 44.6 Å². The van der Waals surface area contributed by atoms with E-state index in [-0.39, 0.29) is 0 Å². The van der Waals surface area contributed by atoms with E-state index in [2.05, 4.69) is 24.4 Å². The monoisotopic (exact) mass is 243 g/mol. The summed E-state index contributed by atoms with van der Waals surface area (Å²) in [7, 11) is 0. The van der Waals surface area contributed by atoms with Crippen LogP contribution in [0.2, 0.25) is 0 Å². The Hall–Kier alpha value is -1.28. The van der Waals surface area contributed by atoms with Gasteiger partial charge in [-0.25, -0.2) is 0 Å². The van der Waals surface area contributed by atoms with Crippen LogP contribution >= 0.6 is 0 Å². The second kappa shape index (κ2) is 4.77. The number of hydrogen-bond donors (Lipinski definition) is 1. The molecule has 1 aromatic carbocycles. The van der Waals surface area contributed by atoms with Crippen molar-refractivity contribution in [3.05, 3.63) is 36.1 Å². The van der Waals surface area contributed by atoms with Crippen LogP contribution in [0.15, 0.2) is 34.9 Å². The van der Waals surface area contributed by atoms with Crippen molar-refractivity contribution < 1.29 is 4.42 Å². The summed E-state index contributed by atoms with van der Waals surface area (Å²) in [6.07, 6.45) is 8.59. The Morgan fingerprint density at radius 2 is 1.94 bits per heavy atom. The van der Waals surface area contributed by atoms with E-state index >= 15 is 0 Å². The van der Waals surface area contributed by atoms with Gasteiger partial charge >= 0.3 is 0 Å². The molecule has 0 saturated heterocycles. The number of hydrogen-bond acceptors (Lipinski definition) is 2. The normalized spacial score (nSPS) is 19.2. The molecule has 0 amide bonds. The number of nitrogens with one attached hydrogen (secondary N) is 1. The molecule has 2 aromatic rings. The average Bonchev–Trinajstić information content (AvgIpc) is 2.81. The highest BCUT2D eigenvalue weighted by Crippen LogP contribution is 2.28. The Morgan fingerprint density at radius 1 is 1.17 bits per heavy atom. The first-order valence-electron chi connectivity index (χ1n) is 6.97. The fraction of sp³-hybridized carbons (Fsp3) is 0.500. The van der Waals surface area contributed by atoms with E-state index in [1.54, 1.807) is 0 Å². The maximum Gasteiger partial charge on any atom is 0.134 e. The number of para-hydroxylation sites is 1. The first kappa shape index (κ1) is 11.8. The van der Waals surface area contributed by atoms with Gasteiger partial charge in [-0.05, 0) is 25.8 Å². The minimum atomic E-state index is 0.316. The molecule has 0 spiro atoms. The minimum Gasteiger partial charge on any atom is -0.464 e. The lowest BCUT2D eigenvalue weighted by atomic mass is 9.83. The second-order valence-electron chi connectivity index (χ2n) is 5.73. The van der Waals surface area contributed by atoms with E-state index in [0.717, 1.165) is 12.1 Å². The van der Waals surface area contributed by atoms with Gasteiger partial charge in [0, 0.05) is 23.0 Å². The topological polar surface area (TPSA) is 25.2 Å². The van der Waals surface area contributed by atoms with Gasteiger partial charge in [0.15, 0.2) is 0 Å². The highest BCUT2D eigenvalue weighted by atomic mass is 16.3. The van der Waals surface area contributed by atoms with Crippen molar-refractivity contribution in [1.29, 1.82) is 0 Å². The standard InChI is InChI=1S/C16H21NO/c1-16(9-5-2-6-10-16)17-11-13-12-18-15-8-4-3-7-14(13)15/h3-4,7-8,12,17H,2,5-6,9-11H2,1H3. The highest BCUT2D eigenvalue weighted by Gasteiger charge is 2.26. The molecule has 0 radical (unpaired) electrons. The fourth-order valence-electron chi connectivity index (χ4n) is 2.99. The summed E-state index contributed by atoms with van der Waals surface area (Å²) in [5.74, 6) is 0. The predicted octanol–water partition coefficient (Wildman–Crippen LogP) is 4.25. The Kier molecular flexibility index (Phi) is 3.13. The molecule has 1 saturated carbocycles. The summed E-state index contributed by atoms with van der Waals surface area (Å²) in [6.45, 7) is 3.27. The zero-order chi connectivity index (χ0) is 12.4. The lowest BCUT2D eigenvalue weighted by molar-refractivity contribution is 0.252. The van der Waals surface area contributed by atoms with Crippen LogP contribution in [0.3, 0.4) is 0 Å². The maximum absolute atomic E-state index is 5.58. The van der Waals surface area contributed by atoms with E-state index in [1.807, 2.05) is 18.4 Å². The first-order valence-corrected chi connectivity index (χ1v) is 6.97. The third-order valence-electron chi connectivity index (χ3n) is 4.22. The quantitative estimate of drug-likeness (QED) is 0.872. The van der Waals surface area contributed by atoms with Crippen LogP contribution in [0, 0.1) is 0 Å². The van der Waals surface area contributed by atoms with Gasteiger partial charge in [0.2, 0.25) is 0 Å². The Bertz CT molecular complexity index is 523. The van der Waals surface area contributed by atoms with Crippen molar-refractivity contribution in [2.75, 3.05) is 0 Å². The minimum absolute atomic E-state index is 0.316. The van der Waals surface area contributed by atoms with Gasteiger partial charge in [-0.2, -0.15) is 0 Å². The van der Waals surface area contributed by atoms with Crippen molar-refractivity contribution in [3.8, 4) is 0 Å². The fourth-order valence-corrected chi connectivity index (χ4v) is 2.99. The van der Waals surface area contributed by atoms with E-state index in [0.29, 0.717) is 5.54 Å². The van der Waals surface area contributed by atoms with Gasteiger partial charge in [-0.3, -0.25) is 0 Å². The van der Waals surface area contributed by atoms with Crippen LogP contribution in [-0.2, 0) is 6.54 Å². The van der Waals surface area contributed by atoms with Crippen molar-refractivity contribution in [2.24, 2.45) is 0 Å². The lowest BCUT2D eigenvalue weighted by Gasteiger charge is -2.34. The number of fused-ring (bicyclic) bond motifs is 1. The SMILES string of the molecule is CC1(NCc2coc3ccccc23)CCCCC1. The molecule has 18 heavy (non-hydrogen) atoms. The number of rotatable bonds is 3. The molecular weight excluding hydrogens is 222 g/mol. The molecule has 1 fully saturated rings. The first-order chi connectivity index (χ1) is 8.77. The Morgan fingerprint density at radius 3 is 2.78 bits per heavy atom. The third-order valence-corrected chi connectivity index (χ3v) is 4.22. The van der Waals surface area contributed by atoms with Gasteiger partial charge in [-0.1, -0.05) is 37.5 Å². The van der Waals surface area contributed by atoms with Crippen LogP contribution in [0.5, 0.6) is 0 Å². The molecule has 2 heteroatoms. The van der Waals surface area contributed by atoms with Crippen LogP contribution in [0.4, 0.5) is 0 Å². The molecule has 2 nitrogen and oxygen atoms in total. The van der Waals surface area contributed by atoms with Gasteiger partial charge < -0.3 is 9.73 Å². The van der Waals surface area contributed by atoms with Crippen molar-refractivity contribution in [3.63, 3.8) is 0 Å². The molecule has 3 rings (SSSR count). The smallest absolute Gasteiger partial charge is 0.134 e. The largest absolute Gasteiger partial charge is 0.464 e. The summed E-state index contributed by atoms with van der Waals surface area (Å²) in [4.78, 5) is 0. The molecule has 1 N–H and O–H groups in total. The summed E-state index contributed by atoms with van der Waals surface area (Å²) in [6, 6.07) is 8.26. The van der Waals surface area contributed by atoms with Gasteiger partial charge in [0.25, 0.3) is 0 Å². The summed E-state index contributed by atoms with van der Waals surface area (Å²) in [5, 5.41) is 4.97. The Labute approximate surface area is 108 Å². The van der Waals surface area contributed by atoms with Crippen molar-refractivity contribution in [1.82, 2.24) is 5.32 Å². The highest BCUT2D eigenvalue weighted by molar-refractivity contribution is 5.80. The predicted molar refractivity (Wildman–Crippen MR) is 74.5 cm³/mol. The molecule has 1 heterocycles. The van der Waals surface area contributed by atoms with E-state index in [9.17, 15) is 0 Å². The van der Waals surface area contributed by atoms with Gasteiger partial charge in [0.05, 0.1) is 6.26 Å². The molecule has 1 aromatic heterocycles. The second-order valence-corrected chi connectivity index (χ2v) is 5.73. The van der Waals surface area contributed by atoms with Crippen LogP contribution in [-0.4, -0.2) is 5.54 Å². The summed E-state index contributed by atoms with van der Waals surface area (Å²) >= 11 is 0. The summed E-state index contributed by atoms with van der Waals surface area (Å²) in [5.41, 5.74) is 2.58. The Balaban J connectivity index is 1.73. The zero-order valence-corrected chi connectivity index (χ0v) is 11.0.